The molecule has 0 fully saturated rings. The first-order valence-corrected chi connectivity index (χ1v) is 8.27. The van der Waals surface area contributed by atoms with E-state index in [1.165, 1.54) is 0 Å². The zero-order valence-electron chi connectivity index (χ0n) is 10.3. The lowest BCUT2D eigenvalue weighted by atomic mass is 10.3. The molecule has 20 heavy (non-hydrogen) atoms. The van der Waals surface area contributed by atoms with Crippen molar-refractivity contribution in [3.8, 4) is 0 Å². The minimum Gasteiger partial charge on any atom is -0.332 e. The van der Waals surface area contributed by atoms with Gasteiger partial charge in [-0.2, -0.15) is 0 Å². The van der Waals surface area contributed by atoms with Crippen molar-refractivity contribution in [1.82, 2.24) is 19.9 Å². The maximum absolute atomic E-state index is 4.53. The predicted molar refractivity (Wildman–Crippen MR) is 83.9 cm³/mol. The first-order chi connectivity index (χ1) is 9.88. The van der Waals surface area contributed by atoms with Crippen LogP contribution >= 0.6 is 21.6 Å². The number of aromatic amines is 2. The summed E-state index contributed by atoms with van der Waals surface area (Å²) in [6.45, 7) is 0. The van der Waals surface area contributed by atoms with Crippen LogP contribution in [0.5, 0.6) is 0 Å². The fraction of sp³-hybridized carbons (Fsp3) is 0. The number of imidazole rings is 2. The maximum atomic E-state index is 4.53. The molecule has 0 spiro atoms. The third-order valence-corrected chi connectivity index (χ3v) is 4.92. The van der Waals surface area contributed by atoms with Crippen molar-refractivity contribution in [2.24, 2.45) is 0 Å². The zero-order valence-corrected chi connectivity index (χ0v) is 12.0. The Morgan fingerprint density at radius 3 is 1.55 bits per heavy atom. The van der Waals surface area contributed by atoms with Gasteiger partial charge in [0.2, 0.25) is 0 Å². The molecule has 4 nitrogen and oxygen atoms in total. The van der Waals surface area contributed by atoms with Crippen LogP contribution in [0.1, 0.15) is 0 Å². The molecule has 2 aromatic heterocycles. The van der Waals surface area contributed by atoms with Crippen LogP contribution in [-0.2, 0) is 0 Å². The number of benzene rings is 2. The highest BCUT2D eigenvalue weighted by molar-refractivity contribution is 8.76. The highest BCUT2D eigenvalue weighted by atomic mass is 33.1. The Balaban J connectivity index is 1.57. The number of aromatic nitrogens is 4. The predicted octanol–water partition coefficient (Wildman–Crippen LogP) is 4.24. The second-order valence-electron chi connectivity index (χ2n) is 4.28. The van der Waals surface area contributed by atoms with Gasteiger partial charge in [-0.3, -0.25) is 0 Å². The number of hydrogen-bond donors (Lipinski definition) is 2. The number of fused-ring (bicyclic) bond motifs is 2. The van der Waals surface area contributed by atoms with Gasteiger partial charge in [0.15, 0.2) is 10.3 Å². The monoisotopic (exact) mass is 298 g/mol. The summed E-state index contributed by atoms with van der Waals surface area (Å²) in [5.41, 5.74) is 4.08. The molecule has 0 aliphatic carbocycles. The van der Waals surface area contributed by atoms with Gasteiger partial charge in [-0.15, -0.1) is 0 Å². The first kappa shape index (κ1) is 11.9. The zero-order chi connectivity index (χ0) is 13.4. The molecule has 0 radical (unpaired) electrons. The quantitative estimate of drug-likeness (QED) is 0.555. The molecule has 0 saturated carbocycles. The van der Waals surface area contributed by atoms with E-state index in [9.17, 15) is 0 Å². The normalized spacial score (nSPS) is 11.4. The van der Waals surface area contributed by atoms with Crippen molar-refractivity contribution in [3.63, 3.8) is 0 Å². The average molecular weight is 298 g/mol. The molecule has 2 aromatic carbocycles. The fourth-order valence-corrected chi connectivity index (χ4v) is 3.70. The Hall–Kier alpha value is -1.92. The fourth-order valence-electron chi connectivity index (χ4n) is 2.02. The van der Waals surface area contributed by atoms with E-state index in [1.807, 2.05) is 48.5 Å². The number of hydrogen-bond acceptors (Lipinski definition) is 4. The average Bonchev–Trinajstić information content (AvgIpc) is 3.07. The number of H-pyrrole nitrogens is 2. The molecule has 0 bridgehead atoms. The van der Waals surface area contributed by atoms with Gasteiger partial charge < -0.3 is 9.97 Å². The molecule has 0 unspecified atom stereocenters. The van der Waals surface area contributed by atoms with E-state index in [0.717, 1.165) is 32.4 Å². The second kappa shape index (κ2) is 4.88. The highest BCUT2D eigenvalue weighted by Gasteiger charge is 2.07. The Labute approximate surface area is 122 Å². The Kier molecular flexibility index (Phi) is 2.90. The van der Waals surface area contributed by atoms with Crippen molar-refractivity contribution in [2.75, 3.05) is 0 Å². The molecule has 0 aliphatic heterocycles. The molecule has 0 atom stereocenters. The third kappa shape index (κ3) is 2.17. The van der Waals surface area contributed by atoms with Crippen LogP contribution in [0.15, 0.2) is 58.8 Å². The van der Waals surface area contributed by atoms with Crippen LogP contribution in [0.25, 0.3) is 22.1 Å². The van der Waals surface area contributed by atoms with E-state index in [-0.39, 0.29) is 0 Å². The van der Waals surface area contributed by atoms with Crippen LogP contribution in [0.4, 0.5) is 0 Å². The number of nitrogens with zero attached hydrogens (tertiary/aromatic N) is 2. The SMILES string of the molecule is c1ccc2[nH]c(SSc3nc4ccccc4[nH]3)nc2c1. The summed E-state index contributed by atoms with van der Waals surface area (Å²) in [6, 6.07) is 16.0. The molecule has 4 aromatic rings. The first-order valence-electron chi connectivity index (χ1n) is 6.12. The van der Waals surface area contributed by atoms with Gasteiger partial charge in [0.1, 0.15) is 0 Å². The van der Waals surface area contributed by atoms with E-state index in [0.29, 0.717) is 0 Å². The lowest BCUT2D eigenvalue weighted by Crippen LogP contribution is -1.72. The molecule has 98 valence electrons. The van der Waals surface area contributed by atoms with Gasteiger partial charge >= 0.3 is 0 Å². The van der Waals surface area contributed by atoms with E-state index in [4.69, 9.17) is 0 Å². The molecule has 0 amide bonds. The van der Waals surface area contributed by atoms with Gasteiger partial charge in [-0.1, -0.05) is 24.3 Å². The Bertz CT molecular complexity index is 741. The smallest absolute Gasteiger partial charge is 0.177 e. The summed E-state index contributed by atoms with van der Waals surface area (Å²) in [7, 11) is 3.14. The lowest BCUT2D eigenvalue weighted by molar-refractivity contribution is 1.08. The van der Waals surface area contributed by atoms with Gasteiger partial charge in [-0.05, 0) is 45.9 Å². The Morgan fingerprint density at radius 2 is 1.10 bits per heavy atom. The molecule has 4 rings (SSSR count). The second-order valence-corrected chi connectivity index (χ2v) is 6.39. The van der Waals surface area contributed by atoms with Crippen LogP contribution in [-0.4, -0.2) is 19.9 Å². The van der Waals surface area contributed by atoms with Gasteiger partial charge in [0, 0.05) is 0 Å². The van der Waals surface area contributed by atoms with E-state index < -0.39 is 0 Å². The summed E-state index contributed by atoms with van der Waals surface area (Å²) in [5.74, 6) is 0. The van der Waals surface area contributed by atoms with Crippen molar-refractivity contribution in [2.45, 2.75) is 10.3 Å². The van der Waals surface area contributed by atoms with Gasteiger partial charge in [0.05, 0.1) is 22.1 Å². The summed E-state index contributed by atoms with van der Waals surface area (Å²) >= 11 is 0. The van der Waals surface area contributed by atoms with Gasteiger partial charge in [0.25, 0.3) is 0 Å². The minimum atomic E-state index is 0.886. The number of nitrogens with one attached hydrogen (secondary N) is 2. The van der Waals surface area contributed by atoms with Crippen LogP contribution < -0.4 is 0 Å². The summed E-state index contributed by atoms with van der Waals surface area (Å²) in [5, 5.41) is 1.77. The third-order valence-electron chi connectivity index (χ3n) is 2.93. The summed E-state index contributed by atoms with van der Waals surface area (Å²) < 4.78 is 0. The molecular formula is C14H10N4S2. The van der Waals surface area contributed by atoms with Gasteiger partial charge in [-0.25, -0.2) is 9.97 Å². The van der Waals surface area contributed by atoms with Crippen LogP contribution in [0.2, 0.25) is 0 Å². The minimum absolute atomic E-state index is 0.886. The maximum Gasteiger partial charge on any atom is 0.177 e. The molecule has 0 aliphatic rings. The summed E-state index contributed by atoms with van der Waals surface area (Å²) in [6.07, 6.45) is 0. The molecule has 2 N–H and O–H groups in total. The van der Waals surface area contributed by atoms with Crippen molar-refractivity contribution in [1.29, 1.82) is 0 Å². The number of rotatable bonds is 3. The topological polar surface area (TPSA) is 57.4 Å². The van der Waals surface area contributed by atoms with E-state index in [1.54, 1.807) is 21.6 Å². The highest BCUT2D eigenvalue weighted by Crippen LogP contribution is 2.35. The standard InChI is InChI=1S/C14H10N4S2/c1-2-6-10-9(5-1)15-13(16-10)19-20-14-17-11-7-3-4-8-12(11)18-14/h1-8H,(H,15,16)(H,17,18). The van der Waals surface area contributed by atoms with Crippen LogP contribution in [0, 0.1) is 0 Å². The molecular weight excluding hydrogens is 288 g/mol. The lowest BCUT2D eigenvalue weighted by Gasteiger charge is -1.91. The van der Waals surface area contributed by atoms with Crippen LogP contribution in [0.3, 0.4) is 0 Å². The largest absolute Gasteiger partial charge is 0.332 e. The summed E-state index contributed by atoms with van der Waals surface area (Å²) in [4.78, 5) is 15.6. The molecule has 2 heterocycles. The van der Waals surface area contributed by atoms with Crippen molar-refractivity contribution in [3.05, 3.63) is 48.5 Å². The molecule has 0 saturated heterocycles. The van der Waals surface area contributed by atoms with Crippen molar-refractivity contribution >= 4 is 43.7 Å². The van der Waals surface area contributed by atoms with E-state index in [2.05, 4.69) is 19.9 Å². The molecule has 6 heteroatoms. The Morgan fingerprint density at radius 1 is 0.650 bits per heavy atom. The van der Waals surface area contributed by atoms with E-state index >= 15 is 0 Å². The van der Waals surface area contributed by atoms with Crippen molar-refractivity contribution < 1.29 is 0 Å². The number of para-hydroxylation sites is 4.